The molecule has 0 heterocycles. The van der Waals surface area contributed by atoms with E-state index in [2.05, 4.69) is 5.32 Å². The van der Waals surface area contributed by atoms with E-state index in [1.54, 1.807) is 18.2 Å². The van der Waals surface area contributed by atoms with E-state index in [-0.39, 0.29) is 25.9 Å². The van der Waals surface area contributed by atoms with E-state index in [4.69, 9.17) is 11.6 Å². The van der Waals surface area contributed by atoms with E-state index in [9.17, 15) is 23.1 Å². The lowest BCUT2D eigenvalue weighted by atomic mass is 10.1. The number of carbonyl (C=O) groups is 2. The maximum atomic E-state index is 12.6. The Hall–Kier alpha value is -3.16. The Morgan fingerprint density at radius 1 is 0.821 bits per heavy atom. The monoisotopic (exact) mass is 415 g/mol. The minimum atomic E-state index is -3.67. The fraction of sp³-hybridized carbons (Fsp3) is 0. The quantitative estimate of drug-likeness (QED) is 0.652. The third-order valence-electron chi connectivity index (χ3n) is 3.93. The standard InChI is InChI=1S/C20H14ClNO5S/c21-13-6-11-17(20(24)25)18(12-13)19(23)22-14-7-9-16(10-8-14)28(26,27)15-4-2-1-3-5-15/h1-12H,(H,22,23)(H,24,25). The highest BCUT2D eigenvalue weighted by Gasteiger charge is 2.19. The van der Waals surface area contributed by atoms with Crippen molar-refractivity contribution in [3.8, 4) is 0 Å². The SMILES string of the molecule is O=C(O)c1ccc(Cl)cc1C(=O)Nc1ccc(S(=O)(=O)c2ccccc2)cc1. The van der Waals surface area contributed by atoms with Gasteiger partial charge in [0, 0.05) is 10.7 Å². The van der Waals surface area contributed by atoms with Crippen molar-refractivity contribution in [1.29, 1.82) is 0 Å². The second-order valence-corrected chi connectivity index (χ2v) is 8.18. The van der Waals surface area contributed by atoms with E-state index in [1.807, 2.05) is 0 Å². The van der Waals surface area contributed by atoms with Crippen LogP contribution in [0.5, 0.6) is 0 Å². The predicted molar refractivity (Wildman–Crippen MR) is 105 cm³/mol. The summed E-state index contributed by atoms with van der Waals surface area (Å²) < 4.78 is 25.2. The predicted octanol–water partition coefficient (Wildman–Crippen LogP) is 4.12. The van der Waals surface area contributed by atoms with Gasteiger partial charge >= 0.3 is 5.97 Å². The highest BCUT2D eigenvalue weighted by molar-refractivity contribution is 7.91. The summed E-state index contributed by atoms with van der Waals surface area (Å²) in [6.45, 7) is 0. The van der Waals surface area contributed by atoms with Crippen LogP contribution in [-0.2, 0) is 9.84 Å². The highest BCUT2D eigenvalue weighted by atomic mass is 35.5. The summed E-state index contributed by atoms with van der Waals surface area (Å²) in [6, 6.07) is 17.5. The molecule has 6 nitrogen and oxygen atoms in total. The summed E-state index contributed by atoms with van der Waals surface area (Å²) in [7, 11) is -3.67. The van der Waals surface area contributed by atoms with Gasteiger partial charge in [-0.05, 0) is 54.6 Å². The minimum absolute atomic E-state index is 0.0747. The van der Waals surface area contributed by atoms with Gasteiger partial charge in [-0.15, -0.1) is 0 Å². The number of hydrogen-bond acceptors (Lipinski definition) is 4. The molecule has 0 aliphatic heterocycles. The fourth-order valence-electron chi connectivity index (χ4n) is 2.54. The van der Waals surface area contributed by atoms with Gasteiger partial charge in [-0.25, -0.2) is 13.2 Å². The molecule has 8 heteroatoms. The van der Waals surface area contributed by atoms with Crippen LogP contribution >= 0.6 is 11.6 Å². The minimum Gasteiger partial charge on any atom is -0.478 e. The average molecular weight is 416 g/mol. The van der Waals surface area contributed by atoms with E-state index >= 15 is 0 Å². The van der Waals surface area contributed by atoms with Crippen LogP contribution in [0.25, 0.3) is 0 Å². The molecule has 0 saturated carbocycles. The van der Waals surface area contributed by atoms with E-state index < -0.39 is 21.7 Å². The topological polar surface area (TPSA) is 101 Å². The van der Waals surface area contributed by atoms with Gasteiger partial charge < -0.3 is 10.4 Å². The number of nitrogens with one attached hydrogen (secondary N) is 1. The molecule has 142 valence electrons. The first-order valence-electron chi connectivity index (χ1n) is 8.03. The molecule has 0 spiro atoms. The Bertz CT molecular complexity index is 1140. The molecule has 1 amide bonds. The second-order valence-electron chi connectivity index (χ2n) is 5.79. The lowest BCUT2D eigenvalue weighted by Gasteiger charge is -2.09. The van der Waals surface area contributed by atoms with Crippen molar-refractivity contribution in [2.75, 3.05) is 5.32 Å². The van der Waals surface area contributed by atoms with Crippen LogP contribution in [0.4, 0.5) is 5.69 Å². The molecule has 0 fully saturated rings. The maximum Gasteiger partial charge on any atom is 0.336 e. The van der Waals surface area contributed by atoms with E-state index in [0.29, 0.717) is 5.69 Å². The van der Waals surface area contributed by atoms with Crippen LogP contribution in [0.2, 0.25) is 5.02 Å². The Balaban J connectivity index is 1.85. The van der Waals surface area contributed by atoms with Crippen molar-refractivity contribution < 1.29 is 23.1 Å². The molecular weight excluding hydrogens is 402 g/mol. The van der Waals surface area contributed by atoms with Crippen molar-refractivity contribution in [1.82, 2.24) is 0 Å². The number of aromatic carboxylic acids is 1. The van der Waals surface area contributed by atoms with Crippen LogP contribution in [-0.4, -0.2) is 25.4 Å². The second kappa shape index (κ2) is 7.84. The van der Waals surface area contributed by atoms with E-state index in [0.717, 1.165) is 0 Å². The summed E-state index contributed by atoms with van der Waals surface area (Å²) in [5.74, 6) is -1.93. The van der Waals surface area contributed by atoms with Crippen molar-refractivity contribution in [3.05, 3.63) is 88.9 Å². The molecule has 0 bridgehead atoms. The summed E-state index contributed by atoms with van der Waals surface area (Å²) in [5.41, 5.74) is 0.0273. The Morgan fingerprint density at radius 3 is 2.04 bits per heavy atom. The molecule has 2 N–H and O–H groups in total. The zero-order chi connectivity index (χ0) is 20.3. The average Bonchev–Trinajstić information content (AvgIpc) is 2.68. The fourth-order valence-corrected chi connectivity index (χ4v) is 4.00. The van der Waals surface area contributed by atoms with Crippen LogP contribution in [0.3, 0.4) is 0 Å². The van der Waals surface area contributed by atoms with Crippen LogP contribution in [0.15, 0.2) is 82.6 Å². The van der Waals surface area contributed by atoms with Crippen LogP contribution < -0.4 is 5.32 Å². The number of carboxylic acids is 1. The van der Waals surface area contributed by atoms with Crippen molar-refractivity contribution in [3.63, 3.8) is 0 Å². The highest BCUT2D eigenvalue weighted by Crippen LogP contribution is 2.23. The molecule has 0 aliphatic rings. The van der Waals surface area contributed by atoms with Gasteiger partial charge in [-0.3, -0.25) is 4.79 Å². The van der Waals surface area contributed by atoms with Gasteiger partial charge in [0.05, 0.1) is 20.9 Å². The van der Waals surface area contributed by atoms with Crippen molar-refractivity contribution in [2.45, 2.75) is 9.79 Å². The molecule has 3 rings (SSSR count). The van der Waals surface area contributed by atoms with Gasteiger partial charge in [-0.2, -0.15) is 0 Å². The molecule has 0 aliphatic carbocycles. The summed E-state index contributed by atoms with van der Waals surface area (Å²) in [6.07, 6.45) is 0. The first-order chi connectivity index (χ1) is 13.3. The largest absolute Gasteiger partial charge is 0.478 e. The smallest absolute Gasteiger partial charge is 0.336 e. The van der Waals surface area contributed by atoms with Gasteiger partial charge in [0.1, 0.15) is 0 Å². The molecular formula is C20H14ClNO5S. The Kier molecular flexibility index (Phi) is 5.48. The maximum absolute atomic E-state index is 12.6. The summed E-state index contributed by atoms with van der Waals surface area (Å²) in [5, 5.41) is 12.0. The third kappa shape index (κ3) is 4.05. The Morgan fingerprint density at radius 2 is 1.43 bits per heavy atom. The van der Waals surface area contributed by atoms with Crippen LogP contribution in [0, 0.1) is 0 Å². The zero-order valence-electron chi connectivity index (χ0n) is 14.3. The number of carboxylic acid groups (broad SMARTS) is 1. The summed E-state index contributed by atoms with van der Waals surface area (Å²) in [4.78, 5) is 24.0. The van der Waals surface area contributed by atoms with Gasteiger partial charge in [0.25, 0.3) is 5.91 Å². The first kappa shape index (κ1) is 19.6. The van der Waals surface area contributed by atoms with Gasteiger partial charge in [0.2, 0.25) is 9.84 Å². The number of rotatable bonds is 5. The molecule has 0 radical (unpaired) electrons. The van der Waals surface area contributed by atoms with E-state index in [1.165, 1.54) is 54.6 Å². The van der Waals surface area contributed by atoms with Gasteiger partial charge in [0.15, 0.2) is 0 Å². The molecule has 0 atom stereocenters. The lowest BCUT2D eigenvalue weighted by molar-refractivity contribution is 0.0692. The molecule has 0 aromatic heterocycles. The molecule has 28 heavy (non-hydrogen) atoms. The number of hydrogen-bond donors (Lipinski definition) is 2. The number of halogens is 1. The molecule has 0 unspecified atom stereocenters. The summed E-state index contributed by atoms with van der Waals surface area (Å²) >= 11 is 5.86. The number of benzene rings is 3. The number of sulfone groups is 1. The van der Waals surface area contributed by atoms with Crippen molar-refractivity contribution >= 4 is 39.0 Å². The molecule has 3 aromatic rings. The molecule has 0 saturated heterocycles. The van der Waals surface area contributed by atoms with Crippen molar-refractivity contribution in [2.24, 2.45) is 0 Å². The van der Waals surface area contributed by atoms with Crippen LogP contribution in [0.1, 0.15) is 20.7 Å². The van der Waals surface area contributed by atoms with Gasteiger partial charge in [-0.1, -0.05) is 29.8 Å². The number of anilines is 1. The zero-order valence-corrected chi connectivity index (χ0v) is 15.9. The lowest BCUT2D eigenvalue weighted by Crippen LogP contribution is -2.16. The Labute approximate surface area is 166 Å². The normalized spacial score (nSPS) is 11.0. The number of amides is 1. The first-order valence-corrected chi connectivity index (χ1v) is 9.89. The number of carbonyl (C=O) groups excluding carboxylic acids is 1. The molecule has 3 aromatic carbocycles. The third-order valence-corrected chi connectivity index (χ3v) is 5.95.